The van der Waals surface area contributed by atoms with Crippen molar-refractivity contribution in [1.82, 2.24) is 0 Å². The molecule has 0 bridgehead atoms. The van der Waals surface area contributed by atoms with Gasteiger partial charge in [-0.2, -0.15) is 0 Å². The third-order valence-corrected chi connectivity index (χ3v) is 4.18. The molecule has 0 aliphatic carbocycles. The molecule has 0 amide bonds. The molecule has 0 spiro atoms. The summed E-state index contributed by atoms with van der Waals surface area (Å²) in [6, 6.07) is 6.17. The Bertz CT molecular complexity index is 454. The van der Waals surface area contributed by atoms with Crippen LogP contribution in [0, 0.1) is 0 Å². The number of hydrogen-bond acceptors (Lipinski definition) is 2. The lowest BCUT2D eigenvalue weighted by Gasteiger charge is -2.33. The number of fused-ring (bicyclic) bond motifs is 1. The molecule has 2 nitrogen and oxygen atoms in total. The minimum Gasteiger partial charge on any atom is -0.352 e. The normalized spacial score (nSPS) is 23.4. The summed E-state index contributed by atoms with van der Waals surface area (Å²) in [5, 5.41) is 0. The average Bonchev–Trinajstić information content (AvgIpc) is 2.47. The number of aldehydes is 1. The SMILES string of the molecule is CC(Cl)N1c2ccc(C=O)cc2C(C)(C)C1C. The number of alkyl halides is 1. The second-order valence-electron chi connectivity index (χ2n) is 5.27. The van der Waals surface area contributed by atoms with Crippen LogP contribution in [0.3, 0.4) is 0 Å². The van der Waals surface area contributed by atoms with E-state index >= 15 is 0 Å². The zero-order valence-corrected chi connectivity index (χ0v) is 11.5. The molecule has 0 saturated carbocycles. The van der Waals surface area contributed by atoms with E-state index in [-0.39, 0.29) is 10.9 Å². The highest BCUT2D eigenvalue weighted by Gasteiger charge is 2.43. The van der Waals surface area contributed by atoms with E-state index in [1.165, 1.54) is 5.56 Å². The average molecular weight is 252 g/mol. The smallest absolute Gasteiger partial charge is 0.150 e. The maximum atomic E-state index is 10.9. The molecule has 2 unspecified atom stereocenters. The zero-order valence-electron chi connectivity index (χ0n) is 10.7. The Morgan fingerprint density at radius 2 is 2.12 bits per heavy atom. The molecule has 0 aromatic heterocycles. The molecule has 17 heavy (non-hydrogen) atoms. The first-order chi connectivity index (χ1) is 7.89. The number of anilines is 1. The predicted octanol–water partition coefficient (Wildman–Crippen LogP) is 3.57. The van der Waals surface area contributed by atoms with Gasteiger partial charge in [-0.05, 0) is 37.6 Å². The van der Waals surface area contributed by atoms with Crippen molar-refractivity contribution in [2.24, 2.45) is 0 Å². The van der Waals surface area contributed by atoms with Crippen LogP contribution in [0.2, 0.25) is 0 Å². The van der Waals surface area contributed by atoms with E-state index in [0.717, 1.165) is 17.5 Å². The second kappa shape index (κ2) is 4.02. The van der Waals surface area contributed by atoms with Gasteiger partial charge in [-0.15, -0.1) is 0 Å². The van der Waals surface area contributed by atoms with Gasteiger partial charge in [-0.25, -0.2) is 0 Å². The summed E-state index contributed by atoms with van der Waals surface area (Å²) in [6.07, 6.45) is 0.897. The first kappa shape index (κ1) is 12.4. The van der Waals surface area contributed by atoms with Crippen molar-refractivity contribution in [3.8, 4) is 0 Å². The summed E-state index contributed by atoms with van der Waals surface area (Å²) < 4.78 is 0. The van der Waals surface area contributed by atoms with E-state index in [9.17, 15) is 4.79 Å². The summed E-state index contributed by atoms with van der Waals surface area (Å²) in [4.78, 5) is 13.1. The Kier molecular flexibility index (Phi) is 2.94. The van der Waals surface area contributed by atoms with Crippen LogP contribution in [0.4, 0.5) is 5.69 Å². The molecule has 0 saturated heterocycles. The van der Waals surface area contributed by atoms with E-state index in [1.807, 2.05) is 25.1 Å². The van der Waals surface area contributed by atoms with Crippen LogP contribution in [-0.4, -0.2) is 17.8 Å². The Morgan fingerprint density at radius 3 is 2.65 bits per heavy atom. The first-order valence-corrected chi connectivity index (χ1v) is 6.35. The van der Waals surface area contributed by atoms with Crippen LogP contribution < -0.4 is 4.90 Å². The first-order valence-electron chi connectivity index (χ1n) is 5.91. The lowest BCUT2D eigenvalue weighted by molar-refractivity contribution is 0.112. The molecule has 2 rings (SSSR count). The van der Waals surface area contributed by atoms with Crippen molar-refractivity contribution in [2.45, 2.75) is 44.7 Å². The molecule has 1 heterocycles. The van der Waals surface area contributed by atoms with Gasteiger partial charge < -0.3 is 4.90 Å². The molecule has 1 aromatic rings. The van der Waals surface area contributed by atoms with Crippen LogP contribution in [0.15, 0.2) is 18.2 Å². The van der Waals surface area contributed by atoms with Crippen LogP contribution in [0.5, 0.6) is 0 Å². The third-order valence-electron chi connectivity index (χ3n) is 3.97. The van der Waals surface area contributed by atoms with Gasteiger partial charge in [-0.3, -0.25) is 4.79 Å². The van der Waals surface area contributed by atoms with E-state index in [0.29, 0.717) is 6.04 Å². The number of hydrogen-bond donors (Lipinski definition) is 0. The summed E-state index contributed by atoms with van der Waals surface area (Å²) in [6.45, 7) is 8.56. The van der Waals surface area contributed by atoms with Crippen LogP contribution in [0.25, 0.3) is 0 Å². The van der Waals surface area contributed by atoms with Gasteiger partial charge in [0.1, 0.15) is 11.8 Å². The Morgan fingerprint density at radius 1 is 1.47 bits per heavy atom. The van der Waals surface area contributed by atoms with Crippen molar-refractivity contribution in [2.75, 3.05) is 4.90 Å². The molecular formula is C14H18ClNO. The maximum Gasteiger partial charge on any atom is 0.150 e. The molecule has 92 valence electrons. The monoisotopic (exact) mass is 251 g/mol. The molecular weight excluding hydrogens is 234 g/mol. The number of halogens is 1. The fourth-order valence-electron chi connectivity index (χ4n) is 2.65. The summed E-state index contributed by atoms with van der Waals surface area (Å²) in [5.41, 5.74) is 3.05. The van der Waals surface area contributed by atoms with Gasteiger partial charge in [0.2, 0.25) is 0 Å². The van der Waals surface area contributed by atoms with Crippen LogP contribution in [-0.2, 0) is 5.41 Å². The Labute approximate surface area is 108 Å². The highest BCUT2D eigenvalue weighted by Crippen LogP contribution is 2.46. The fraction of sp³-hybridized carbons (Fsp3) is 0.500. The lowest BCUT2D eigenvalue weighted by atomic mass is 9.81. The predicted molar refractivity (Wildman–Crippen MR) is 72.1 cm³/mol. The van der Waals surface area contributed by atoms with Crippen molar-refractivity contribution >= 4 is 23.6 Å². The van der Waals surface area contributed by atoms with Gasteiger partial charge in [-0.1, -0.05) is 25.4 Å². The topological polar surface area (TPSA) is 20.3 Å². The largest absolute Gasteiger partial charge is 0.352 e. The molecule has 0 N–H and O–H groups in total. The van der Waals surface area contributed by atoms with Gasteiger partial charge in [0.15, 0.2) is 0 Å². The number of carbonyl (C=O) groups is 1. The molecule has 2 atom stereocenters. The van der Waals surface area contributed by atoms with Gasteiger partial charge in [0.25, 0.3) is 0 Å². The fourth-order valence-corrected chi connectivity index (χ4v) is 2.92. The Balaban J connectivity index is 2.61. The Hall–Kier alpha value is -1.02. The van der Waals surface area contributed by atoms with E-state index in [2.05, 4.69) is 25.7 Å². The highest BCUT2D eigenvalue weighted by molar-refractivity contribution is 6.21. The highest BCUT2D eigenvalue weighted by atomic mass is 35.5. The molecule has 3 heteroatoms. The molecule has 1 aliphatic heterocycles. The maximum absolute atomic E-state index is 10.9. The minimum atomic E-state index is -0.0485. The standard InChI is InChI=1S/C14H18ClNO/c1-9-14(3,4)12-7-11(8-17)5-6-13(12)16(9)10(2)15/h5-10H,1-4H3. The molecule has 1 aromatic carbocycles. The summed E-state index contributed by atoms with van der Waals surface area (Å²) in [5.74, 6) is 0. The van der Waals surface area contributed by atoms with E-state index < -0.39 is 0 Å². The number of benzene rings is 1. The number of rotatable bonds is 2. The third kappa shape index (κ3) is 1.75. The van der Waals surface area contributed by atoms with Crippen molar-refractivity contribution in [3.63, 3.8) is 0 Å². The number of carbonyl (C=O) groups excluding carboxylic acids is 1. The van der Waals surface area contributed by atoms with Gasteiger partial charge in [0.05, 0.1) is 0 Å². The van der Waals surface area contributed by atoms with Crippen LogP contribution >= 0.6 is 11.6 Å². The minimum absolute atomic E-state index is 0.0114. The molecule has 0 fully saturated rings. The number of nitrogens with zero attached hydrogens (tertiary/aromatic N) is 1. The van der Waals surface area contributed by atoms with E-state index in [1.54, 1.807) is 0 Å². The lowest BCUT2D eigenvalue weighted by Crippen LogP contribution is -2.41. The van der Waals surface area contributed by atoms with E-state index in [4.69, 9.17) is 11.6 Å². The van der Waals surface area contributed by atoms with Crippen molar-refractivity contribution in [1.29, 1.82) is 0 Å². The summed E-state index contributed by atoms with van der Waals surface area (Å²) in [7, 11) is 0. The van der Waals surface area contributed by atoms with Crippen molar-refractivity contribution < 1.29 is 4.79 Å². The molecule has 1 aliphatic rings. The summed E-state index contributed by atoms with van der Waals surface area (Å²) >= 11 is 6.26. The molecule has 0 radical (unpaired) electrons. The van der Waals surface area contributed by atoms with Gasteiger partial charge in [0, 0.05) is 22.7 Å². The second-order valence-corrected chi connectivity index (χ2v) is 5.90. The van der Waals surface area contributed by atoms with Crippen LogP contribution in [0.1, 0.15) is 43.6 Å². The van der Waals surface area contributed by atoms with Crippen molar-refractivity contribution in [3.05, 3.63) is 29.3 Å². The zero-order chi connectivity index (χ0) is 12.8. The van der Waals surface area contributed by atoms with Gasteiger partial charge >= 0.3 is 0 Å². The quantitative estimate of drug-likeness (QED) is 0.455.